The van der Waals surface area contributed by atoms with Crippen LogP contribution >= 0.6 is 11.6 Å². The molecule has 0 saturated carbocycles. The highest BCUT2D eigenvalue weighted by Gasteiger charge is 2.19. The van der Waals surface area contributed by atoms with E-state index >= 15 is 0 Å². The van der Waals surface area contributed by atoms with E-state index in [4.69, 9.17) is 11.6 Å². The Morgan fingerprint density at radius 2 is 1.79 bits per heavy atom. The number of rotatable bonds is 8. The summed E-state index contributed by atoms with van der Waals surface area (Å²) in [4.78, 5) is 28.6. The number of halogens is 2. The van der Waals surface area contributed by atoms with Crippen LogP contribution in [-0.2, 0) is 11.3 Å². The third-order valence-electron chi connectivity index (χ3n) is 4.42. The van der Waals surface area contributed by atoms with Gasteiger partial charge in [-0.1, -0.05) is 6.92 Å². The highest BCUT2D eigenvalue weighted by Crippen LogP contribution is 2.25. The SMILES string of the molecule is CCCN(Cc1cc(NC(=O)[C@H](C)Cl)ccc1N(C)C)C(=O)c1ccc(F)cc1. The van der Waals surface area contributed by atoms with E-state index in [2.05, 4.69) is 5.32 Å². The van der Waals surface area contributed by atoms with Crippen molar-refractivity contribution in [3.63, 3.8) is 0 Å². The number of anilines is 2. The summed E-state index contributed by atoms with van der Waals surface area (Å²) in [6, 6.07) is 11.1. The Labute approximate surface area is 176 Å². The molecular formula is C22H27ClFN3O2. The minimum absolute atomic E-state index is 0.166. The van der Waals surface area contributed by atoms with Crippen LogP contribution < -0.4 is 10.2 Å². The molecule has 0 heterocycles. The number of amides is 2. The number of hydrogen-bond acceptors (Lipinski definition) is 3. The maximum Gasteiger partial charge on any atom is 0.254 e. The highest BCUT2D eigenvalue weighted by atomic mass is 35.5. The van der Waals surface area contributed by atoms with Crippen LogP contribution in [0.15, 0.2) is 42.5 Å². The first-order valence-electron chi connectivity index (χ1n) is 9.53. The van der Waals surface area contributed by atoms with E-state index < -0.39 is 5.38 Å². The van der Waals surface area contributed by atoms with Gasteiger partial charge in [0.15, 0.2) is 0 Å². The Bertz CT molecular complexity index is 854. The Hall–Kier alpha value is -2.60. The molecule has 0 saturated heterocycles. The first-order valence-corrected chi connectivity index (χ1v) is 9.96. The fraction of sp³-hybridized carbons (Fsp3) is 0.364. The maximum atomic E-state index is 13.2. The summed E-state index contributed by atoms with van der Waals surface area (Å²) in [5, 5.41) is 2.14. The molecule has 0 spiro atoms. The molecule has 2 aromatic carbocycles. The molecule has 0 aliphatic heterocycles. The van der Waals surface area contributed by atoms with E-state index in [1.165, 1.54) is 24.3 Å². The molecule has 2 amide bonds. The molecule has 1 N–H and O–H groups in total. The Morgan fingerprint density at radius 3 is 2.34 bits per heavy atom. The Morgan fingerprint density at radius 1 is 1.14 bits per heavy atom. The summed E-state index contributed by atoms with van der Waals surface area (Å²) in [5.41, 5.74) is 2.88. The minimum Gasteiger partial charge on any atom is -0.377 e. The number of benzene rings is 2. The highest BCUT2D eigenvalue weighted by molar-refractivity contribution is 6.32. The van der Waals surface area contributed by atoms with E-state index in [0.29, 0.717) is 24.3 Å². The Balaban J connectivity index is 2.34. The molecule has 7 heteroatoms. The van der Waals surface area contributed by atoms with Crippen molar-refractivity contribution < 1.29 is 14.0 Å². The summed E-state index contributed by atoms with van der Waals surface area (Å²) in [6.45, 7) is 4.52. The van der Waals surface area contributed by atoms with Crippen LogP contribution in [-0.4, -0.2) is 42.7 Å². The van der Waals surface area contributed by atoms with Gasteiger partial charge in [0.2, 0.25) is 5.91 Å². The molecule has 0 unspecified atom stereocenters. The van der Waals surface area contributed by atoms with Gasteiger partial charge < -0.3 is 15.1 Å². The number of nitrogens with one attached hydrogen (secondary N) is 1. The fourth-order valence-electron chi connectivity index (χ4n) is 2.97. The van der Waals surface area contributed by atoms with Crippen molar-refractivity contribution in [2.45, 2.75) is 32.2 Å². The zero-order chi connectivity index (χ0) is 21.6. The molecular weight excluding hydrogens is 393 g/mol. The zero-order valence-electron chi connectivity index (χ0n) is 17.2. The smallest absolute Gasteiger partial charge is 0.254 e. The second-order valence-electron chi connectivity index (χ2n) is 7.08. The third-order valence-corrected chi connectivity index (χ3v) is 4.62. The molecule has 5 nitrogen and oxygen atoms in total. The third kappa shape index (κ3) is 6.19. The van der Waals surface area contributed by atoms with Gasteiger partial charge >= 0.3 is 0 Å². The van der Waals surface area contributed by atoms with Gasteiger partial charge in [-0.3, -0.25) is 9.59 Å². The van der Waals surface area contributed by atoms with Gasteiger partial charge in [-0.15, -0.1) is 11.6 Å². The van der Waals surface area contributed by atoms with Gasteiger partial charge in [0.05, 0.1) is 0 Å². The van der Waals surface area contributed by atoms with Gasteiger partial charge in [-0.25, -0.2) is 4.39 Å². The van der Waals surface area contributed by atoms with Crippen LogP contribution in [0.3, 0.4) is 0 Å². The monoisotopic (exact) mass is 419 g/mol. The first-order chi connectivity index (χ1) is 13.7. The van der Waals surface area contributed by atoms with Crippen LogP contribution in [0.25, 0.3) is 0 Å². The molecule has 0 bridgehead atoms. The zero-order valence-corrected chi connectivity index (χ0v) is 18.0. The van der Waals surface area contributed by atoms with Crippen molar-refractivity contribution in [2.75, 3.05) is 30.9 Å². The lowest BCUT2D eigenvalue weighted by Crippen LogP contribution is -2.32. The average molecular weight is 420 g/mol. The molecule has 2 rings (SSSR count). The average Bonchev–Trinajstić information content (AvgIpc) is 2.67. The van der Waals surface area contributed by atoms with E-state index in [1.807, 2.05) is 44.1 Å². The first kappa shape index (κ1) is 22.7. The van der Waals surface area contributed by atoms with Gasteiger partial charge in [-0.05, 0) is 61.4 Å². The van der Waals surface area contributed by atoms with Gasteiger partial charge in [0.1, 0.15) is 11.2 Å². The minimum atomic E-state index is -0.649. The second-order valence-corrected chi connectivity index (χ2v) is 7.73. The predicted molar refractivity (Wildman–Crippen MR) is 116 cm³/mol. The molecule has 1 atom stereocenters. The van der Waals surface area contributed by atoms with E-state index in [0.717, 1.165) is 17.7 Å². The molecule has 0 fully saturated rings. The maximum absolute atomic E-state index is 13.2. The summed E-state index contributed by atoms with van der Waals surface area (Å²) in [5.74, 6) is -0.834. The molecule has 29 heavy (non-hydrogen) atoms. The quantitative estimate of drug-likeness (QED) is 0.640. The summed E-state index contributed by atoms with van der Waals surface area (Å²) < 4.78 is 13.2. The molecule has 0 aliphatic rings. The van der Waals surface area contributed by atoms with Gasteiger partial charge in [-0.2, -0.15) is 0 Å². The van der Waals surface area contributed by atoms with Crippen molar-refractivity contribution in [1.82, 2.24) is 4.90 Å². The summed E-state index contributed by atoms with van der Waals surface area (Å²) >= 11 is 5.85. The number of nitrogens with zero attached hydrogens (tertiary/aromatic N) is 2. The van der Waals surface area contributed by atoms with E-state index in [-0.39, 0.29) is 17.6 Å². The topological polar surface area (TPSA) is 52.7 Å². The van der Waals surface area contributed by atoms with Crippen LogP contribution in [0.4, 0.5) is 15.8 Å². The molecule has 0 aromatic heterocycles. The van der Waals surface area contributed by atoms with Crippen molar-refractivity contribution in [3.05, 3.63) is 59.4 Å². The summed E-state index contributed by atoms with van der Waals surface area (Å²) in [7, 11) is 3.84. The van der Waals surface area contributed by atoms with Crippen LogP contribution in [0, 0.1) is 5.82 Å². The molecule has 156 valence electrons. The lowest BCUT2D eigenvalue weighted by atomic mass is 10.1. The Kier molecular flexibility index (Phi) is 8.02. The standard InChI is InChI=1S/C22H27ClFN3O2/c1-5-12-27(22(29)16-6-8-18(24)9-7-16)14-17-13-19(25-21(28)15(2)23)10-11-20(17)26(3)4/h6-11,13,15H,5,12,14H2,1-4H3,(H,25,28)/t15-/m0/s1. The van der Waals surface area contributed by atoms with Crippen LogP contribution in [0.5, 0.6) is 0 Å². The predicted octanol–water partition coefficient (Wildman–Crippen LogP) is 4.51. The molecule has 2 aromatic rings. The number of alkyl halides is 1. The number of carbonyl (C=O) groups is 2. The van der Waals surface area contributed by atoms with Crippen molar-refractivity contribution in [1.29, 1.82) is 0 Å². The van der Waals surface area contributed by atoms with E-state index in [9.17, 15) is 14.0 Å². The van der Waals surface area contributed by atoms with Gasteiger partial charge in [0.25, 0.3) is 5.91 Å². The lowest BCUT2D eigenvalue weighted by Gasteiger charge is -2.26. The number of carbonyl (C=O) groups excluding carboxylic acids is 2. The lowest BCUT2D eigenvalue weighted by molar-refractivity contribution is -0.115. The van der Waals surface area contributed by atoms with Crippen LogP contribution in [0.1, 0.15) is 36.2 Å². The largest absolute Gasteiger partial charge is 0.377 e. The van der Waals surface area contributed by atoms with E-state index in [1.54, 1.807) is 11.8 Å². The molecule has 0 radical (unpaired) electrons. The van der Waals surface area contributed by atoms with Gasteiger partial charge in [0, 0.05) is 44.1 Å². The molecule has 0 aliphatic carbocycles. The fourth-order valence-corrected chi connectivity index (χ4v) is 3.03. The summed E-state index contributed by atoms with van der Waals surface area (Å²) in [6.07, 6.45) is 0.782. The number of hydrogen-bond donors (Lipinski definition) is 1. The van der Waals surface area contributed by atoms with Crippen molar-refractivity contribution in [2.24, 2.45) is 0 Å². The normalized spacial score (nSPS) is 11.7. The van der Waals surface area contributed by atoms with Crippen LogP contribution in [0.2, 0.25) is 0 Å². The van der Waals surface area contributed by atoms with Crippen molar-refractivity contribution >= 4 is 34.8 Å². The van der Waals surface area contributed by atoms with Crippen molar-refractivity contribution in [3.8, 4) is 0 Å². The second kappa shape index (κ2) is 10.3.